The fraction of sp³-hybridized carbons (Fsp3) is 0.214. The maximum absolute atomic E-state index is 12.0. The Bertz CT molecular complexity index is 620. The van der Waals surface area contributed by atoms with E-state index in [1.807, 2.05) is 12.1 Å². The molecule has 0 aliphatic rings. The van der Waals surface area contributed by atoms with Gasteiger partial charge in [0, 0.05) is 18.1 Å². The van der Waals surface area contributed by atoms with Gasteiger partial charge in [0.25, 0.3) is 5.91 Å². The van der Waals surface area contributed by atoms with Crippen molar-refractivity contribution < 1.29 is 14.7 Å². The quantitative estimate of drug-likeness (QED) is 0.874. The van der Waals surface area contributed by atoms with Gasteiger partial charge >= 0.3 is 5.97 Å². The molecule has 0 spiro atoms. The minimum absolute atomic E-state index is 0.0946. The number of amides is 1. The number of carbonyl (C=O) groups is 2. The largest absolute Gasteiger partial charge is 0.481 e. The first kappa shape index (κ1) is 13.0. The molecule has 1 amide bonds. The summed E-state index contributed by atoms with van der Waals surface area (Å²) in [6, 6.07) is 9.00. The number of fused-ring (bicyclic) bond motifs is 1. The molecule has 1 atom stereocenters. The molecule has 0 bridgehead atoms. The van der Waals surface area contributed by atoms with E-state index in [0.717, 1.165) is 5.39 Å². The molecular formula is C14H14N2O3. The van der Waals surface area contributed by atoms with Crippen LogP contribution in [0.3, 0.4) is 0 Å². The number of nitrogens with one attached hydrogen (secondary N) is 1. The van der Waals surface area contributed by atoms with Crippen molar-refractivity contribution >= 4 is 22.8 Å². The van der Waals surface area contributed by atoms with E-state index >= 15 is 0 Å². The molecule has 1 heterocycles. The van der Waals surface area contributed by atoms with Gasteiger partial charge in [0.1, 0.15) is 0 Å². The van der Waals surface area contributed by atoms with Crippen LogP contribution in [-0.2, 0) is 4.79 Å². The van der Waals surface area contributed by atoms with Crippen LogP contribution in [0.15, 0.2) is 36.5 Å². The van der Waals surface area contributed by atoms with E-state index in [0.29, 0.717) is 11.1 Å². The molecule has 2 N–H and O–H groups in total. The topological polar surface area (TPSA) is 79.3 Å². The molecule has 2 rings (SSSR count). The molecule has 0 fully saturated rings. The van der Waals surface area contributed by atoms with Crippen molar-refractivity contribution in [2.75, 3.05) is 6.54 Å². The number of pyridine rings is 1. The van der Waals surface area contributed by atoms with Crippen LogP contribution in [0.25, 0.3) is 10.9 Å². The summed E-state index contributed by atoms with van der Waals surface area (Å²) in [6.45, 7) is 1.64. The van der Waals surface area contributed by atoms with Gasteiger partial charge in [-0.2, -0.15) is 0 Å². The summed E-state index contributed by atoms with van der Waals surface area (Å²) >= 11 is 0. The highest BCUT2D eigenvalue weighted by Crippen LogP contribution is 2.15. The lowest BCUT2D eigenvalue weighted by atomic mass is 10.1. The second kappa shape index (κ2) is 5.48. The highest BCUT2D eigenvalue weighted by molar-refractivity contribution is 6.05. The van der Waals surface area contributed by atoms with Crippen molar-refractivity contribution in [3.05, 3.63) is 42.1 Å². The Hall–Kier alpha value is -2.43. The molecule has 0 aliphatic carbocycles. The molecule has 19 heavy (non-hydrogen) atoms. The van der Waals surface area contributed by atoms with Crippen molar-refractivity contribution in [2.24, 2.45) is 5.92 Å². The van der Waals surface area contributed by atoms with Crippen LogP contribution in [0.4, 0.5) is 0 Å². The zero-order valence-electron chi connectivity index (χ0n) is 10.5. The second-order valence-electron chi connectivity index (χ2n) is 4.33. The van der Waals surface area contributed by atoms with Gasteiger partial charge in [0.2, 0.25) is 0 Å². The van der Waals surface area contributed by atoms with Crippen LogP contribution in [-0.4, -0.2) is 28.5 Å². The summed E-state index contributed by atoms with van der Waals surface area (Å²) in [6.07, 6.45) is 1.62. The van der Waals surface area contributed by atoms with E-state index in [1.165, 1.54) is 0 Å². The van der Waals surface area contributed by atoms with Gasteiger partial charge in [-0.1, -0.05) is 25.1 Å². The fourth-order valence-corrected chi connectivity index (χ4v) is 1.72. The molecule has 1 unspecified atom stereocenters. The third-order valence-electron chi connectivity index (χ3n) is 2.87. The Morgan fingerprint density at radius 3 is 2.79 bits per heavy atom. The van der Waals surface area contributed by atoms with Gasteiger partial charge in [-0.3, -0.25) is 14.6 Å². The van der Waals surface area contributed by atoms with E-state index < -0.39 is 11.9 Å². The highest BCUT2D eigenvalue weighted by Gasteiger charge is 2.14. The highest BCUT2D eigenvalue weighted by atomic mass is 16.4. The minimum atomic E-state index is -0.934. The zero-order chi connectivity index (χ0) is 13.8. The van der Waals surface area contributed by atoms with Crippen molar-refractivity contribution in [1.29, 1.82) is 0 Å². The number of rotatable bonds is 4. The van der Waals surface area contributed by atoms with E-state index in [1.54, 1.807) is 31.3 Å². The molecule has 0 saturated carbocycles. The number of para-hydroxylation sites is 1. The number of benzene rings is 1. The summed E-state index contributed by atoms with van der Waals surface area (Å²) in [5.74, 6) is -1.86. The van der Waals surface area contributed by atoms with Crippen LogP contribution in [0.5, 0.6) is 0 Å². The number of hydrogen-bond acceptors (Lipinski definition) is 3. The van der Waals surface area contributed by atoms with Gasteiger partial charge in [-0.05, 0) is 12.1 Å². The van der Waals surface area contributed by atoms with E-state index in [4.69, 9.17) is 5.11 Å². The Morgan fingerprint density at radius 2 is 2.05 bits per heavy atom. The molecule has 0 radical (unpaired) electrons. The van der Waals surface area contributed by atoms with Crippen LogP contribution >= 0.6 is 0 Å². The van der Waals surface area contributed by atoms with Crippen LogP contribution < -0.4 is 5.32 Å². The first-order valence-electron chi connectivity index (χ1n) is 5.94. The number of carboxylic acid groups (broad SMARTS) is 1. The van der Waals surface area contributed by atoms with Crippen molar-refractivity contribution in [2.45, 2.75) is 6.92 Å². The summed E-state index contributed by atoms with van der Waals surface area (Å²) in [5, 5.41) is 12.3. The van der Waals surface area contributed by atoms with Crippen LogP contribution in [0, 0.1) is 5.92 Å². The first-order chi connectivity index (χ1) is 9.09. The Balaban J connectivity index is 2.20. The summed E-state index contributed by atoms with van der Waals surface area (Å²) in [4.78, 5) is 26.9. The maximum Gasteiger partial charge on any atom is 0.308 e. The summed E-state index contributed by atoms with van der Waals surface area (Å²) < 4.78 is 0. The van der Waals surface area contributed by atoms with Gasteiger partial charge in [-0.15, -0.1) is 0 Å². The second-order valence-corrected chi connectivity index (χ2v) is 4.33. The van der Waals surface area contributed by atoms with Crippen molar-refractivity contribution in [3.63, 3.8) is 0 Å². The molecule has 2 aromatic rings. The molecule has 5 heteroatoms. The van der Waals surface area contributed by atoms with E-state index in [-0.39, 0.29) is 12.5 Å². The molecule has 0 saturated heterocycles. The Kier molecular flexibility index (Phi) is 3.75. The van der Waals surface area contributed by atoms with E-state index in [9.17, 15) is 9.59 Å². The summed E-state index contributed by atoms with van der Waals surface area (Å²) in [5.41, 5.74) is 1.07. The van der Waals surface area contributed by atoms with E-state index in [2.05, 4.69) is 10.3 Å². The molecule has 0 aliphatic heterocycles. The third-order valence-corrected chi connectivity index (χ3v) is 2.87. The lowest BCUT2D eigenvalue weighted by Gasteiger charge is -2.09. The number of carbonyl (C=O) groups excluding carboxylic acids is 1. The van der Waals surface area contributed by atoms with Gasteiger partial charge in [0.05, 0.1) is 17.0 Å². The van der Waals surface area contributed by atoms with Crippen molar-refractivity contribution in [1.82, 2.24) is 10.3 Å². The maximum atomic E-state index is 12.0. The number of hydrogen-bond donors (Lipinski definition) is 2. The fourth-order valence-electron chi connectivity index (χ4n) is 1.72. The Morgan fingerprint density at radius 1 is 1.32 bits per heavy atom. The monoisotopic (exact) mass is 258 g/mol. The minimum Gasteiger partial charge on any atom is -0.481 e. The Labute approximate surface area is 110 Å². The van der Waals surface area contributed by atoms with Crippen molar-refractivity contribution in [3.8, 4) is 0 Å². The normalized spacial score (nSPS) is 12.1. The molecule has 98 valence electrons. The summed E-state index contributed by atoms with van der Waals surface area (Å²) in [7, 11) is 0. The van der Waals surface area contributed by atoms with Crippen LogP contribution in [0.1, 0.15) is 17.3 Å². The van der Waals surface area contributed by atoms with Gasteiger partial charge < -0.3 is 10.4 Å². The molecule has 5 nitrogen and oxygen atoms in total. The van der Waals surface area contributed by atoms with Crippen LogP contribution in [0.2, 0.25) is 0 Å². The lowest BCUT2D eigenvalue weighted by Crippen LogP contribution is -2.31. The predicted octanol–water partition coefficient (Wildman–Crippen LogP) is 1.69. The molecular weight excluding hydrogens is 244 g/mol. The van der Waals surface area contributed by atoms with Gasteiger partial charge in [-0.25, -0.2) is 0 Å². The first-order valence-corrected chi connectivity index (χ1v) is 5.94. The average Bonchev–Trinajstić information content (AvgIpc) is 2.43. The molecule has 1 aromatic carbocycles. The zero-order valence-corrected chi connectivity index (χ0v) is 10.5. The van der Waals surface area contributed by atoms with Gasteiger partial charge in [0.15, 0.2) is 0 Å². The molecule has 1 aromatic heterocycles. The lowest BCUT2D eigenvalue weighted by molar-refractivity contribution is -0.140. The SMILES string of the molecule is CC(CNC(=O)c1cccc2cccnc12)C(=O)O. The number of aliphatic carboxylic acids is 1. The number of carboxylic acids is 1. The average molecular weight is 258 g/mol. The number of nitrogens with zero attached hydrogens (tertiary/aromatic N) is 1. The smallest absolute Gasteiger partial charge is 0.308 e. The number of aromatic nitrogens is 1. The standard InChI is InChI=1S/C14H14N2O3/c1-9(14(18)19)8-16-13(17)11-6-2-4-10-5-3-7-15-12(10)11/h2-7,9H,8H2,1H3,(H,16,17)(H,18,19). The predicted molar refractivity (Wildman–Crippen MR) is 70.9 cm³/mol. The third kappa shape index (κ3) is 2.88.